The SMILES string of the molecule is CCC(N(C)C)N(CCCN)CCCN(C)C. The lowest BCUT2D eigenvalue weighted by atomic mass is 10.2. The average molecular weight is 244 g/mol. The van der Waals surface area contributed by atoms with Crippen molar-refractivity contribution in [2.75, 3.05) is 54.4 Å². The minimum atomic E-state index is 0.545. The van der Waals surface area contributed by atoms with Crippen LogP contribution < -0.4 is 5.73 Å². The van der Waals surface area contributed by atoms with Crippen LogP contribution >= 0.6 is 0 Å². The molecule has 0 aliphatic carbocycles. The molecule has 0 saturated heterocycles. The van der Waals surface area contributed by atoms with Crippen LogP contribution in [0.2, 0.25) is 0 Å². The molecule has 0 fully saturated rings. The van der Waals surface area contributed by atoms with Gasteiger partial charge in [-0.2, -0.15) is 0 Å². The molecule has 0 aromatic carbocycles. The highest BCUT2D eigenvalue weighted by molar-refractivity contribution is 4.69. The average Bonchev–Trinajstić information content (AvgIpc) is 2.25. The van der Waals surface area contributed by atoms with E-state index in [-0.39, 0.29) is 0 Å². The summed E-state index contributed by atoms with van der Waals surface area (Å²) in [5, 5.41) is 0. The minimum absolute atomic E-state index is 0.545. The molecule has 0 aliphatic heterocycles. The second-order valence-electron chi connectivity index (χ2n) is 5.19. The summed E-state index contributed by atoms with van der Waals surface area (Å²) in [4.78, 5) is 7.13. The third-order valence-corrected chi connectivity index (χ3v) is 3.08. The number of rotatable bonds is 10. The lowest BCUT2D eigenvalue weighted by molar-refractivity contribution is 0.0719. The van der Waals surface area contributed by atoms with E-state index in [0.29, 0.717) is 6.17 Å². The fourth-order valence-corrected chi connectivity index (χ4v) is 2.24. The van der Waals surface area contributed by atoms with Crippen molar-refractivity contribution >= 4 is 0 Å². The van der Waals surface area contributed by atoms with Crippen molar-refractivity contribution in [3.8, 4) is 0 Å². The van der Waals surface area contributed by atoms with Crippen LogP contribution in [-0.4, -0.2) is 75.2 Å². The molecule has 0 amide bonds. The summed E-state index contributed by atoms with van der Waals surface area (Å²) in [6.45, 7) is 6.47. The van der Waals surface area contributed by atoms with Crippen LogP contribution in [0.1, 0.15) is 26.2 Å². The predicted molar refractivity (Wildman–Crippen MR) is 76.2 cm³/mol. The first-order chi connectivity index (χ1) is 8.02. The van der Waals surface area contributed by atoms with E-state index >= 15 is 0 Å². The summed E-state index contributed by atoms with van der Waals surface area (Å²) in [6, 6.07) is 0. The molecule has 2 N–H and O–H groups in total. The molecule has 1 atom stereocenters. The van der Waals surface area contributed by atoms with Gasteiger partial charge in [-0.3, -0.25) is 9.80 Å². The van der Waals surface area contributed by atoms with Gasteiger partial charge in [0.1, 0.15) is 0 Å². The second-order valence-corrected chi connectivity index (χ2v) is 5.19. The zero-order valence-corrected chi connectivity index (χ0v) is 12.4. The lowest BCUT2D eigenvalue weighted by Gasteiger charge is -2.35. The quantitative estimate of drug-likeness (QED) is 0.579. The van der Waals surface area contributed by atoms with Crippen LogP contribution in [-0.2, 0) is 0 Å². The zero-order chi connectivity index (χ0) is 13.3. The van der Waals surface area contributed by atoms with Crippen LogP contribution in [0.3, 0.4) is 0 Å². The normalized spacial score (nSPS) is 13.9. The van der Waals surface area contributed by atoms with Gasteiger partial charge in [-0.05, 0) is 60.5 Å². The van der Waals surface area contributed by atoms with E-state index in [9.17, 15) is 0 Å². The number of nitrogens with two attached hydrogens (primary N) is 1. The Labute approximate surface area is 108 Å². The van der Waals surface area contributed by atoms with Crippen molar-refractivity contribution < 1.29 is 0 Å². The third-order valence-electron chi connectivity index (χ3n) is 3.08. The fourth-order valence-electron chi connectivity index (χ4n) is 2.24. The molecule has 0 aliphatic rings. The molecular weight excluding hydrogens is 212 g/mol. The van der Waals surface area contributed by atoms with Crippen LogP contribution in [0.25, 0.3) is 0 Å². The maximum atomic E-state index is 5.62. The molecule has 0 aromatic rings. The van der Waals surface area contributed by atoms with Crippen molar-refractivity contribution in [1.29, 1.82) is 0 Å². The van der Waals surface area contributed by atoms with Crippen LogP contribution in [0.4, 0.5) is 0 Å². The largest absolute Gasteiger partial charge is 0.330 e. The van der Waals surface area contributed by atoms with Gasteiger partial charge in [0, 0.05) is 13.1 Å². The summed E-state index contributed by atoms with van der Waals surface area (Å²) >= 11 is 0. The first-order valence-corrected chi connectivity index (χ1v) is 6.78. The van der Waals surface area contributed by atoms with Gasteiger partial charge in [0.05, 0.1) is 6.17 Å². The highest BCUT2D eigenvalue weighted by Gasteiger charge is 2.17. The fraction of sp³-hybridized carbons (Fsp3) is 1.00. The number of hydrogen-bond donors (Lipinski definition) is 1. The van der Waals surface area contributed by atoms with Gasteiger partial charge in [-0.15, -0.1) is 0 Å². The molecule has 4 heteroatoms. The zero-order valence-electron chi connectivity index (χ0n) is 12.4. The summed E-state index contributed by atoms with van der Waals surface area (Å²) in [6.07, 6.45) is 4.03. The first-order valence-electron chi connectivity index (χ1n) is 6.78. The Balaban J connectivity index is 4.19. The standard InChI is InChI=1S/C13H32N4/c1-6-13(16(4)5)17(11-7-9-14)12-8-10-15(2)3/h13H,6-12,14H2,1-5H3. The van der Waals surface area contributed by atoms with Gasteiger partial charge in [0.25, 0.3) is 0 Å². The number of hydrogen-bond acceptors (Lipinski definition) is 4. The molecule has 1 unspecified atom stereocenters. The first kappa shape index (κ1) is 16.8. The summed E-state index contributed by atoms with van der Waals surface area (Å²) in [5.41, 5.74) is 5.62. The summed E-state index contributed by atoms with van der Waals surface area (Å²) < 4.78 is 0. The van der Waals surface area contributed by atoms with Gasteiger partial charge in [-0.25, -0.2) is 0 Å². The molecule has 0 radical (unpaired) electrons. The van der Waals surface area contributed by atoms with Crippen molar-refractivity contribution in [2.24, 2.45) is 5.73 Å². The molecule has 0 bridgehead atoms. The highest BCUT2D eigenvalue weighted by atomic mass is 15.3. The van der Waals surface area contributed by atoms with E-state index in [1.807, 2.05) is 0 Å². The van der Waals surface area contributed by atoms with Crippen LogP contribution in [0.5, 0.6) is 0 Å². The maximum absolute atomic E-state index is 5.62. The van der Waals surface area contributed by atoms with Gasteiger partial charge in [0.15, 0.2) is 0 Å². The van der Waals surface area contributed by atoms with E-state index in [1.165, 1.54) is 12.8 Å². The monoisotopic (exact) mass is 244 g/mol. The van der Waals surface area contributed by atoms with Crippen molar-refractivity contribution in [3.63, 3.8) is 0 Å². The molecule has 17 heavy (non-hydrogen) atoms. The molecule has 0 spiro atoms. The van der Waals surface area contributed by atoms with Gasteiger partial charge < -0.3 is 10.6 Å². The minimum Gasteiger partial charge on any atom is -0.330 e. The predicted octanol–water partition coefficient (Wildman–Crippen LogP) is 0.887. The Morgan fingerprint density at radius 2 is 1.53 bits per heavy atom. The van der Waals surface area contributed by atoms with Crippen molar-refractivity contribution in [3.05, 3.63) is 0 Å². The van der Waals surface area contributed by atoms with Gasteiger partial charge >= 0.3 is 0 Å². The molecule has 104 valence electrons. The Morgan fingerprint density at radius 1 is 0.941 bits per heavy atom. The second kappa shape index (κ2) is 9.83. The smallest absolute Gasteiger partial charge is 0.0614 e. The topological polar surface area (TPSA) is 35.7 Å². The van der Waals surface area contributed by atoms with Crippen molar-refractivity contribution in [1.82, 2.24) is 14.7 Å². The van der Waals surface area contributed by atoms with E-state index in [0.717, 1.165) is 32.6 Å². The maximum Gasteiger partial charge on any atom is 0.0614 e. The van der Waals surface area contributed by atoms with E-state index < -0.39 is 0 Å². The van der Waals surface area contributed by atoms with Crippen LogP contribution in [0, 0.1) is 0 Å². The molecule has 4 nitrogen and oxygen atoms in total. The van der Waals surface area contributed by atoms with Gasteiger partial charge in [0.2, 0.25) is 0 Å². The molecule has 0 heterocycles. The highest BCUT2D eigenvalue weighted by Crippen LogP contribution is 2.08. The summed E-state index contributed by atoms with van der Waals surface area (Å²) in [7, 11) is 8.59. The number of nitrogens with zero attached hydrogens (tertiary/aromatic N) is 3. The van der Waals surface area contributed by atoms with E-state index in [4.69, 9.17) is 5.73 Å². The molecule has 0 aromatic heterocycles. The van der Waals surface area contributed by atoms with E-state index in [1.54, 1.807) is 0 Å². The molecular formula is C13H32N4. The Kier molecular flexibility index (Phi) is 9.74. The summed E-state index contributed by atoms with van der Waals surface area (Å²) in [5.74, 6) is 0. The lowest BCUT2D eigenvalue weighted by Crippen LogP contribution is -2.46. The van der Waals surface area contributed by atoms with Gasteiger partial charge in [-0.1, -0.05) is 6.92 Å². The Morgan fingerprint density at radius 3 is 1.94 bits per heavy atom. The third kappa shape index (κ3) is 7.71. The van der Waals surface area contributed by atoms with E-state index in [2.05, 4.69) is 49.8 Å². The molecule has 0 rings (SSSR count). The van der Waals surface area contributed by atoms with Crippen LogP contribution in [0.15, 0.2) is 0 Å². The molecule has 0 saturated carbocycles. The Bertz CT molecular complexity index is 171. The van der Waals surface area contributed by atoms with Crippen molar-refractivity contribution in [2.45, 2.75) is 32.4 Å². The Hall–Kier alpha value is -0.160.